The Bertz CT molecular complexity index is 483. The van der Waals surface area contributed by atoms with Gasteiger partial charge in [0.05, 0.1) is 0 Å². The zero-order chi connectivity index (χ0) is 16.9. The van der Waals surface area contributed by atoms with E-state index in [1.54, 1.807) is 11.9 Å². The number of nitrogens with one attached hydrogen (secondary N) is 1. The average Bonchev–Trinajstić information content (AvgIpc) is 3.08. The maximum atomic E-state index is 12.5. The van der Waals surface area contributed by atoms with E-state index in [1.807, 2.05) is 6.08 Å². The summed E-state index contributed by atoms with van der Waals surface area (Å²) in [6, 6.07) is -0.302. The zero-order valence-electron chi connectivity index (χ0n) is 14.0. The highest BCUT2D eigenvalue weighted by atomic mass is 16.2. The van der Waals surface area contributed by atoms with Crippen LogP contribution in [0.15, 0.2) is 12.7 Å². The van der Waals surface area contributed by atoms with E-state index < -0.39 is 5.54 Å². The highest BCUT2D eigenvalue weighted by molar-refractivity contribution is 6.07. The summed E-state index contributed by atoms with van der Waals surface area (Å²) >= 11 is 0. The molecule has 2 fully saturated rings. The first-order valence-corrected chi connectivity index (χ1v) is 8.49. The Kier molecular flexibility index (Phi) is 5.80. The van der Waals surface area contributed by atoms with Gasteiger partial charge in [0.15, 0.2) is 0 Å². The summed E-state index contributed by atoms with van der Waals surface area (Å²) in [5, 5.41) is 2.86. The van der Waals surface area contributed by atoms with Crippen LogP contribution in [0.3, 0.4) is 0 Å². The summed E-state index contributed by atoms with van der Waals surface area (Å²) in [6.45, 7) is 4.69. The number of nitrogens with zero attached hydrogens (tertiary/aromatic N) is 2. The molecule has 6 nitrogen and oxygen atoms in total. The third-order valence-electron chi connectivity index (χ3n) is 4.80. The van der Waals surface area contributed by atoms with Crippen molar-refractivity contribution in [3.8, 4) is 0 Å². The molecule has 0 aromatic carbocycles. The molecule has 0 aromatic rings. The lowest BCUT2D eigenvalue weighted by molar-refractivity contribution is -0.133. The highest BCUT2D eigenvalue weighted by Crippen LogP contribution is 2.35. The Hall–Kier alpha value is -1.85. The molecule has 2 rings (SSSR count). The number of hydrogen-bond acceptors (Lipinski definition) is 3. The fraction of sp³-hybridized carbons (Fsp3) is 0.706. The van der Waals surface area contributed by atoms with Gasteiger partial charge in [0.25, 0.3) is 5.91 Å². The largest absolute Gasteiger partial charge is 0.346 e. The standard InChI is InChI=1S/C17H27N3O3/c1-3-4-7-12-19(2)14(21)9-8-13-20-15(22)17(18-16(20)23)10-5-6-11-17/h3H,1,4-13H2,2H3,(H,18,23). The minimum absolute atomic E-state index is 0.0525. The lowest BCUT2D eigenvalue weighted by Crippen LogP contribution is -2.44. The van der Waals surface area contributed by atoms with E-state index in [-0.39, 0.29) is 17.8 Å². The third kappa shape index (κ3) is 3.92. The number of hydrogen-bond donors (Lipinski definition) is 1. The maximum absolute atomic E-state index is 12.5. The van der Waals surface area contributed by atoms with Crippen molar-refractivity contribution in [3.05, 3.63) is 12.7 Å². The molecular weight excluding hydrogens is 294 g/mol. The third-order valence-corrected chi connectivity index (χ3v) is 4.80. The molecule has 0 aromatic heterocycles. The second kappa shape index (κ2) is 7.62. The fourth-order valence-electron chi connectivity index (χ4n) is 3.37. The molecular formula is C17H27N3O3. The number of carbonyl (C=O) groups excluding carboxylic acids is 3. The molecule has 1 aliphatic carbocycles. The molecule has 128 valence electrons. The number of allylic oxidation sites excluding steroid dienone is 1. The van der Waals surface area contributed by atoms with Crippen LogP contribution in [0.4, 0.5) is 4.79 Å². The fourth-order valence-corrected chi connectivity index (χ4v) is 3.37. The molecule has 0 unspecified atom stereocenters. The van der Waals surface area contributed by atoms with Gasteiger partial charge < -0.3 is 10.2 Å². The van der Waals surface area contributed by atoms with Gasteiger partial charge in [0.1, 0.15) is 5.54 Å². The molecule has 2 aliphatic rings. The van der Waals surface area contributed by atoms with Crippen molar-refractivity contribution in [1.82, 2.24) is 15.1 Å². The second-order valence-corrected chi connectivity index (χ2v) is 6.53. The molecule has 4 amide bonds. The number of rotatable bonds is 8. The minimum Gasteiger partial charge on any atom is -0.346 e. The Labute approximate surface area is 137 Å². The predicted molar refractivity (Wildman–Crippen MR) is 87.7 cm³/mol. The van der Waals surface area contributed by atoms with E-state index in [9.17, 15) is 14.4 Å². The molecule has 23 heavy (non-hydrogen) atoms. The average molecular weight is 321 g/mol. The number of urea groups is 1. The molecule has 0 atom stereocenters. The number of unbranched alkanes of at least 4 members (excludes halogenated alkanes) is 1. The first kappa shape index (κ1) is 17.5. The van der Waals surface area contributed by atoms with Gasteiger partial charge >= 0.3 is 6.03 Å². The smallest absolute Gasteiger partial charge is 0.325 e. The van der Waals surface area contributed by atoms with Gasteiger partial charge in [0, 0.05) is 26.6 Å². The Morgan fingerprint density at radius 1 is 1.35 bits per heavy atom. The molecule has 1 saturated heterocycles. The van der Waals surface area contributed by atoms with Gasteiger partial charge in [-0.1, -0.05) is 18.9 Å². The van der Waals surface area contributed by atoms with Crippen molar-refractivity contribution in [3.63, 3.8) is 0 Å². The van der Waals surface area contributed by atoms with E-state index in [1.165, 1.54) is 4.90 Å². The van der Waals surface area contributed by atoms with Crippen LogP contribution >= 0.6 is 0 Å². The predicted octanol–water partition coefficient (Wildman–Crippen LogP) is 2.06. The second-order valence-electron chi connectivity index (χ2n) is 6.53. The van der Waals surface area contributed by atoms with Crippen LogP contribution in [0.25, 0.3) is 0 Å². The molecule has 0 bridgehead atoms. The molecule has 1 N–H and O–H groups in total. The van der Waals surface area contributed by atoms with Crippen molar-refractivity contribution in [1.29, 1.82) is 0 Å². The summed E-state index contributed by atoms with van der Waals surface area (Å²) < 4.78 is 0. The van der Waals surface area contributed by atoms with Crippen molar-refractivity contribution in [2.75, 3.05) is 20.1 Å². The zero-order valence-corrected chi connectivity index (χ0v) is 14.0. The van der Waals surface area contributed by atoms with Gasteiger partial charge in [-0.2, -0.15) is 0 Å². The van der Waals surface area contributed by atoms with Gasteiger partial charge in [-0.05, 0) is 32.1 Å². The Balaban J connectivity index is 1.75. The molecule has 1 heterocycles. The molecule has 6 heteroatoms. The van der Waals surface area contributed by atoms with Crippen LogP contribution in [0, 0.1) is 0 Å². The number of carbonyl (C=O) groups is 3. The molecule has 1 spiro atoms. The van der Waals surface area contributed by atoms with Crippen LogP contribution in [0.2, 0.25) is 0 Å². The van der Waals surface area contributed by atoms with Crippen molar-refractivity contribution >= 4 is 17.8 Å². The molecule has 1 saturated carbocycles. The van der Waals surface area contributed by atoms with E-state index in [4.69, 9.17) is 0 Å². The normalized spacial score (nSPS) is 19.3. The molecule has 0 radical (unpaired) electrons. The van der Waals surface area contributed by atoms with Gasteiger partial charge in [0.2, 0.25) is 5.91 Å². The first-order chi connectivity index (χ1) is 11.0. The Morgan fingerprint density at radius 3 is 2.70 bits per heavy atom. The topological polar surface area (TPSA) is 69.7 Å². The number of amides is 4. The van der Waals surface area contributed by atoms with E-state index in [0.717, 1.165) is 38.5 Å². The van der Waals surface area contributed by atoms with Gasteiger partial charge in [-0.25, -0.2) is 4.79 Å². The van der Waals surface area contributed by atoms with Crippen molar-refractivity contribution in [2.45, 2.75) is 56.9 Å². The summed E-state index contributed by atoms with van der Waals surface area (Å²) in [6.07, 6.45) is 7.94. The summed E-state index contributed by atoms with van der Waals surface area (Å²) in [4.78, 5) is 39.5. The minimum atomic E-state index is -0.650. The van der Waals surface area contributed by atoms with E-state index >= 15 is 0 Å². The highest BCUT2D eigenvalue weighted by Gasteiger charge is 2.51. The van der Waals surface area contributed by atoms with Crippen LogP contribution in [-0.4, -0.2) is 53.3 Å². The SMILES string of the molecule is C=CCCCN(C)C(=O)CCCN1C(=O)NC2(CCCC2)C1=O. The lowest BCUT2D eigenvalue weighted by atomic mass is 9.98. The number of imide groups is 1. The maximum Gasteiger partial charge on any atom is 0.325 e. The van der Waals surface area contributed by atoms with E-state index in [0.29, 0.717) is 25.9 Å². The quantitative estimate of drug-likeness (QED) is 0.422. The van der Waals surface area contributed by atoms with Crippen LogP contribution in [0.1, 0.15) is 51.4 Å². The summed E-state index contributed by atoms with van der Waals surface area (Å²) in [5.74, 6) is -0.0523. The van der Waals surface area contributed by atoms with Crippen LogP contribution in [-0.2, 0) is 9.59 Å². The van der Waals surface area contributed by atoms with Crippen molar-refractivity contribution < 1.29 is 14.4 Å². The van der Waals surface area contributed by atoms with Gasteiger partial charge in [-0.3, -0.25) is 14.5 Å². The lowest BCUT2D eigenvalue weighted by Gasteiger charge is -2.20. The monoisotopic (exact) mass is 321 g/mol. The summed E-state index contributed by atoms with van der Waals surface area (Å²) in [5.41, 5.74) is -0.650. The Morgan fingerprint density at radius 2 is 2.04 bits per heavy atom. The first-order valence-electron chi connectivity index (χ1n) is 8.49. The van der Waals surface area contributed by atoms with E-state index in [2.05, 4.69) is 11.9 Å². The summed E-state index contributed by atoms with van der Waals surface area (Å²) in [7, 11) is 1.78. The van der Waals surface area contributed by atoms with Crippen LogP contribution in [0.5, 0.6) is 0 Å². The van der Waals surface area contributed by atoms with Gasteiger partial charge in [-0.15, -0.1) is 6.58 Å². The van der Waals surface area contributed by atoms with Crippen molar-refractivity contribution in [2.24, 2.45) is 0 Å². The van der Waals surface area contributed by atoms with Crippen LogP contribution < -0.4 is 5.32 Å². The molecule has 1 aliphatic heterocycles.